The molecule has 30 heavy (non-hydrogen) atoms. The summed E-state index contributed by atoms with van der Waals surface area (Å²) in [6.45, 7) is 9.07. The number of hydrogen-bond acceptors (Lipinski definition) is 5. The second-order valence-electron chi connectivity index (χ2n) is 9.35. The molecule has 0 N–H and O–H groups in total. The van der Waals surface area contributed by atoms with E-state index in [4.69, 9.17) is 9.40 Å². The summed E-state index contributed by atoms with van der Waals surface area (Å²) in [5.41, 5.74) is 5.97. The second-order valence-corrected chi connectivity index (χ2v) is 10.4. The summed E-state index contributed by atoms with van der Waals surface area (Å²) in [4.78, 5) is 20.3. The number of anilines is 1. The van der Waals surface area contributed by atoms with Crippen LogP contribution in [-0.2, 0) is 5.41 Å². The summed E-state index contributed by atoms with van der Waals surface area (Å²) in [5.74, 6) is 0.379. The predicted octanol–water partition coefficient (Wildman–Crippen LogP) is 6.06. The first-order chi connectivity index (χ1) is 14.4. The molecule has 2 aromatic carbocycles. The summed E-state index contributed by atoms with van der Waals surface area (Å²) in [5, 5.41) is 1.74. The number of aromatic nitrogens is 1. The van der Waals surface area contributed by atoms with E-state index in [9.17, 15) is 4.79 Å². The van der Waals surface area contributed by atoms with Crippen molar-refractivity contribution < 1.29 is 4.42 Å². The zero-order valence-electron chi connectivity index (χ0n) is 17.5. The Labute approximate surface area is 179 Å². The Kier molecular flexibility index (Phi) is 3.73. The third-order valence-corrected chi connectivity index (χ3v) is 8.00. The standard InChI is InChI=1S/C25H24N2O2S/c1-14-8-10-27-11-9-25(2,3)17-13-15-12-16(24(28)29-22(15)20(14)21(17)27)23-26-18-6-4-5-7-19(18)30-23/h4-7,12-14H,8-11H2,1-3H3/t14-/m0/s1. The van der Waals surface area contributed by atoms with Crippen LogP contribution in [0.1, 0.15) is 50.7 Å². The van der Waals surface area contributed by atoms with E-state index < -0.39 is 0 Å². The van der Waals surface area contributed by atoms with Crippen molar-refractivity contribution in [2.24, 2.45) is 0 Å². The van der Waals surface area contributed by atoms with Gasteiger partial charge in [0.25, 0.3) is 0 Å². The smallest absolute Gasteiger partial charge is 0.346 e. The van der Waals surface area contributed by atoms with E-state index in [0.29, 0.717) is 11.5 Å². The first-order valence-corrected chi connectivity index (χ1v) is 11.5. The monoisotopic (exact) mass is 416 g/mol. The van der Waals surface area contributed by atoms with Crippen molar-refractivity contribution in [2.45, 2.75) is 44.9 Å². The van der Waals surface area contributed by atoms with Crippen LogP contribution in [0.5, 0.6) is 0 Å². The molecular formula is C25H24N2O2S. The quantitative estimate of drug-likeness (QED) is 0.354. The van der Waals surface area contributed by atoms with Gasteiger partial charge in [-0.05, 0) is 54.0 Å². The summed E-state index contributed by atoms with van der Waals surface area (Å²) < 4.78 is 7.12. The fourth-order valence-electron chi connectivity index (χ4n) is 5.11. The second kappa shape index (κ2) is 6.17. The van der Waals surface area contributed by atoms with E-state index in [2.05, 4.69) is 31.7 Å². The van der Waals surface area contributed by atoms with Gasteiger partial charge in [0.05, 0.1) is 15.8 Å². The van der Waals surface area contributed by atoms with Crippen LogP contribution >= 0.6 is 11.3 Å². The van der Waals surface area contributed by atoms with Crippen molar-refractivity contribution in [3.05, 3.63) is 57.9 Å². The molecular weight excluding hydrogens is 392 g/mol. The Morgan fingerprint density at radius 1 is 1.20 bits per heavy atom. The number of benzene rings is 2. The minimum absolute atomic E-state index is 0.109. The van der Waals surface area contributed by atoms with Gasteiger partial charge >= 0.3 is 5.63 Å². The number of rotatable bonds is 1. The topological polar surface area (TPSA) is 46.3 Å². The normalized spacial score (nSPS) is 20.0. The number of thiazole rings is 1. The highest BCUT2D eigenvalue weighted by atomic mass is 32.1. The van der Waals surface area contributed by atoms with Crippen molar-refractivity contribution in [3.8, 4) is 10.6 Å². The van der Waals surface area contributed by atoms with E-state index in [1.54, 1.807) is 11.3 Å². The highest BCUT2D eigenvalue weighted by molar-refractivity contribution is 7.21. The molecule has 152 valence electrons. The lowest BCUT2D eigenvalue weighted by Gasteiger charge is -2.45. The maximum absolute atomic E-state index is 13.1. The minimum Gasteiger partial charge on any atom is -0.422 e. The van der Waals surface area contributed by atoms with E-state index in [0.717, 1.165) is 52.1 Å². The molecule has 2 aliphatic heterocycles. The predicted molar refractivity (Wildman–Crippen MR) is 124 cm³/mol. The van der Waals surface area contributed by atoms with Crippen LogP contribution in [0.15, 0.2) is 45.6 Å². The first kappa shape index (κ1) is 18.1. The van der Waals surface area contributed by atoms with Crippen LogP contribution < -0.4 is 10.5 Å². The van der Waals surface area contributed by atoms with Gasteiger partial charge < -0.3 is 9.32 Å². The van der Waals surface area contributed by atoms with Gasteiger partial charge in [0.2, 0.25) is 0 Å². The zero-order valence-corrected chi connectivity index (χ0v) is 18.3. The number of hydrogen-bond donors (Lipinski definition) is 0. The molecule has 2 aromatic heterocycles. The molecule has 0 saturated heterocycles. The fraction of sp³-hybridized carbons (Fsp3) is 0.360. The molecule has 0 amide bonds. The molecule has 5 heteroatoms. The van der Waals surface area contributed by atoms with Crippen molar-refractivity contribution in [3.63, 3.8) is 0 Å². The van der Waals surface area contributed by atoms with Gasteiger partial charge in [-0.2, -0.15) is 0 Å². The van der Waals surface area contributed by atoms with Crippen LogP contribution in [0.4, 0.5) is 5.69 Å². The number of para-hydroxylation sites is 1. The van der Waals surface area contributed by atoms with Gasteiger partial charge in [0.1, 0.15) is 10.6 Å². The van der Waals surface area contributed by atoms with Crippen molar-refractivity contribution in [2.75, 3.05) is 18.0 Å². The molecule has 0 unspecified atom stereocenters. The average Bonchev–Trinajstić information content (AvgIpc) is 3.15. The molecule has 1 atom stereocenters. The lowest BCUT2D eigenvalue weighted by molar-refractivity contribution is 0.437. The summed E-state index contributed by atoms with van der Waals surface area (Å²) in [7, 11) is 0. The molecule has 0 saturated carbocycles. The van der Waals surface area contributed by atoms with Crippen molar-refractivity contribution in [1.29, 1.82) is 0 Å². The van der Waals surface area contributed by atoms with E-state index in [1.165, 1.54) is 16.8 Å². The van der Waals surface area contributed by atoms with Gasteiger partial charge in [-0.1, -0.05) is 32.9 Å². The van der Waals surface area contributed by atoms with Gasteiger partial charge in [0.15, 0.2) is 0 Å². The molecule has 0 spiro atoms. The first-order valence-electron chi connectivity index (χ1n) is 10.7. The maximum atomic E-state index is 13.1. The number of nitrogens with zero attached hydrogens (tertiary/aromatic N) is 2. The van der Waals surface area contributed by atoms with Gasteiger partial charge in [-0.25, -0.2) is 9.78 Å². The summed E-state index contributed by atoms with van der Waals surface area (Å²) in [6, 6.07) is 12.3. The van der Waals surface area contributed by atoms with E-state index in [-0.39, 0.29) is 11.0 Å². The molecule has 4 aromatic rings. The van der Waals surface area contributed by atoms with Crippen molar-refractivity contribution in [1.82, 2.24) is 4.98 Å². The summed E-state index contributed by atoms with van der Waals surface area (Å²) >= 11 is 1.54. The fourth-order valence-corrected chi connectivity index (χ4v) is 6.08. The van der Waals surface area contributed by atoms with Crippen LogP contribution in [0.25, 0.3) is 31.8 Å². The highest BCUT2D eigenvalue weighted by Crippen LogP contribution is 2.49. The molecule has 0 radical (unpaired) electrons. The van der Waals surface area contributed by atoms with Crippen molar-refractivity contribution >= 4 is 38.2 Å². The Hall–Kier alpha value is -2.66. The number of fused-ring (bicyclic) bond motifs is 3. The highest BCUT2D eigenvalue weighted by Gasteiger charge is 2.38. The van der Waals surface area contributed by atoms with Crippen LogP contribution in [-0.4, -0.2) is 18.1 Å². The van der Waals surface area contributed by atoms with Crippen LogP contribution in [0.3, 0.4) is 0 Å². The zero-order chi connectivity index (χ0) is 20.6. The largest absolute Gasteiger partial charge is 0.422 e. The molecule has 4 heterocycles. The third kappa shape index (κ3) is 2.51. The lowest BCUT2D eigenvalue weighted by atomic mass is 9.73. The van der Waals surface area contributed by atoms with Gasteiger partial charge in [-0.15, -0.1) is 11.3 Å². The molecule has 6 rings (SSSR count). The lowest BCUT2D eigenvalue weighted by Crippen LogP contribution is -2.41. The molecule has 0 aliphatic carbocycles. The molecule has 0 fully saturated rings. The Bertz CT molecular complexity index is 1350. The Balaban J connectivity index is 1.65. The third-order valence-electron chi connectivity index (χ3n) is 6.93. The molecule has 4 nitrogen and oxygen atoms in total. The Morgan fingerprint density at radius 2 is 2.03 bits per heavy atom. The maximum Gasteiger partial charge on any atom is 0.346 e. The molecule has 0 bridgehead atoms. The van der Waals surface area contributed by atoms with Crippen LogP contribution in [0.2, 0.25) is 0 Å². The van der Waals surface area contributed by atoms with Crippen LogP contribution in [0, 0.1) is 0 Å². The SMILES string of the molecule is C[C@H]1CCN2CCC(C)(C)c3cc4cc(-c5nc6ccccc6s5)c(=O)oc4c1c32. The van der Waals surface area contributed by atoms with E-state index in [1.807, 2.05) is 30.3 Å². The van der Waals surface area contributed by atoms with E-state index >= 15 is 0 Å². The Morgan fingerprint density at radius 3 is 2.87 bits per heavy atom. The molecule has 2 aliphatic rings. The minimum atomic E-state index is -0.294. The summed E-state index contributed by atoms with van der Waals surface area (Å²) in [6.07, 6.45) is 2.23. The van der Waals surface area contributed by atoms with Gasteiger partial charge in [0, 0.05) is 29.7 Å². The van der Waals surface area contributed by atoms with Gasteiger partial charge in [-0.3, -0.25) is 0 Å². The average molecular weight is 417 g/mol.